The summed E-state index contributed by atoms with van der Waals surface area (Å²) in [6.45, 7) is 0.0160. The molecule has 1 aromatic rings. The molecule has 19 heavy (non-hydrogen) atoms. The largest absolute Gasteiger partial charge is 0.246 e. The van der Waals surface area contributed by atoms with Gasteiger partial charge in [-0.2, -0.15) is 20.0 Å². The van der Waals surface area contributed by atoms with Gasteiger partial charge in [-0.3, -0.25) is 0 Å². The summed E-state index contributed by atoms with van der Waals surface area (Å²) in [5, 5.41) is 21.0. The van der Waals surface area contributed by atoms with Crippen molar-refractivity contribution in [2.45, 2.75) is 6.42 Å². The maximum absolute atomic E-state index is 11.4. The summed E-state index contributed by atoms with van der Waals surface area (Å²) in [7, 11) is -3.49. The van der Waals surface area contributed by atoms with Crippen LogP contribution >= 0.6 is 0 Å². The Morgan fingerprint density at radius 2 is 1.95 bits per heavy atom. The van der Waals surface area contributed by atoms with Crippen LogP contribution in [0.15, 0.2) is 29.4 Å². The minimum Gasteiger partial charge on any atom is -0.205 e. The van der Waals surface area contributed by atoms with Gasteiger partial charge in [0.1, 0.15) is 0 Å². The molecule has 0 radical (unpaired) electrons. The molecular formula is C12H12N4O2S. The molecule has 0 bridgehead atoms. The molecule has 0 unspecified atom stereocenters. The highest BCUT2D eigenvalue weighted by atomic mass is 32.2. The van der Waals surface area contributed by atoms with E-state index < -0.39 is 10.0 Å². The first-order valence-electron chi connectivity index (χ1n) is 5.36. The van der Waals surface area contributed by atoms with E-state index in [1.165, 1.54) is 6.21 Å². The lowest BCUT2D eigenvalue weighted by atomic mass is 10.2. The predicted molar refractivity (Wildman–Crippen MR) is 70.5 cm³/mol. The zero-order valence-electron chi connectivity index (χ0n) is 10.3. The highest BCUT2D eigenvalue weighted by Crippen LogP contribution is 2.04. The molecule has 1 rings (SSSR count). The van der Waals surface area contributed by atoms with Crippen LogP contribution in [-0.4, -0.2) is 31.8 Å². The monoisotopic (exact) mass is 276 g/mol. The maximum atomic E-state index is 11.4. The van der Waals surface area contributed by atoms with E-state index in [-0.39, 0.29) is 13.0 Å². The summed E-state index contributed by atoms with van der Waals surface area (Å²) in [6.07, 6.45) is 2.47. The molecular weight excluding hydrogens is 264 g/mol. The standard InChI is InChI=1S/C12H12N4O2S/c1-19(17,18)16(8-2-7-13)15-10-12-5-3-11(9-14)4-6-12/h3-6,10H,2,8H2,1H3/b15-10+. The van der Waals surface area contributed by atoms with Gasteiger partial charge in [0.05, 0.1) is 43.1 Å². The van der Waals surface area contributed by atoms with Gasteiger partial charge in [0, 0.05) is 0 Å². The molecule has 0 saturated heterocycles. The molecule has 0 aliphatic rings. The second kappa shape index (κ2) is 6.53. The number of hydrogen-bond donors (Lipinski definition) is 0. The summed E-state index contributed by atoms with van der Waals surface area (Å²) in [5.74, 6) is 0. The SMILES string of the molecule is CS(=O)(=O)N(CCC#N)/N=C/c1ccc(C#N)cc1. The van der Waals surface area contributed by atoms with Crippen LogP contribution in [0, 0.1) is 22.7 Å². The fourth-order valence-electron chi connectivity index (χ4n) is 1.23. The topological polar surface area (TPSA) is 97.3 Å². The molecule has 0 spiro atoms. The first-order valence-corrected chi connectivity index (χ1v) is 7.21. The van der Waals surface area contributed by atoms with Gasteiger partial charge in [0.2, 0.25) is 10.0 Å². The van der Waals surface area contributed by atoms with Crippen molar-refractivity contribution in [3.63, 3.8) is 0 Å². The van der Waals surface area contributed by atoms with Crippen molar-refractivity contribution in [2.24, 2.45) is 5.10 Å². The fraction of sp³-hybridized carbons (Fsp3) is 0.250. The molecule has 0 N–H and O–H groups in total. The first-order chi connectivity index (χ1) is 8.97. The summed E-state index contributed by atoms with van der Waals surface area (Å²) in [6, 6.07) is 10.4. The molecule has 1 aromatic carbocycles. The van der Waals surface area contributed by atoms with E-state index in [4.69, 9.17) is 10.5 Å². The Balaban J connectivity index is 2.86. The molecule has 0 aliphatic carbocycles. The quantitative estimate of drug-likeness (QED) is 0.593. The molecule has 6 nitrogen and oxygen atoms in total. The van der Waals surface area contributed by atoms with Crippen molar-refractivity contribution in [3.8, 4) is 12.1 Å². The average molecular weight is 276 g/mol. The van der Waals surface area contributed by atoms with E-state index >= 15 is 0 Å². The molecule has 0 amide bonds. The molecule has 7 heteroatoms. The smallest absolute Gasteiger partial charge is 0.205 e. The van der Waals surface area contributed by atoms with Crippen LogP contribution < -0.4 is 0 Å². The van der Waals surface area contributed by atoms with Gasteiger partial charge >= 0.3 is 0 Å². The zero-order chi connectivity index (χ0) is 14.3. The van der Waals surface area contributed by atoms with E-state index in [0.717, 1.165) is 10.7 Å². The Morgan fingerprint density at radius 3 is 2.42 bits per heavy atom. The van der Waals surface area contributed by atoms with Gasteiger partial charge in [-0.25, -0.2) is 8.42 Å². The second-order valence-corrected chi connectivity index (χ2v) is 5.58. The van der Waals surface area contributed by atoms with E-state index in [9.17, 15) is 8.42 Å². The number of rotatable bonds is 5. The maximum Gasteiger partial charge on any atom is 0.246 e. The van der Waals surface area contributed by atoms with Crippen molar-refractivity contribution in [3.05, 3.63) is 35.4 Å². The molecule has 0 heterocycles. The summed E-state index contributed by atoms with van der Waals surface area (Å²) in [4.78, 5) is 0. The minimum absolute atomic E-state index is 0.0160. The molecule has 98 valence electrons. The average Bonchev–Trinajstić information content (AvgIpc) is 2.38. The number of nitrogens with zero attached hydrogens (tertiary/aromatic N) is 4. The first kappa shape index (κ1) is 14.7. The Labute approximate surface area is 112 Å². The summed E-state index contributed by atoms with van der Waals surface area (Å²) >= 11 is 0. The van der Waals surface area contributed by atoms with Crippen molar-refractivity contribution in [2.75, 3.05) is 12.8 Å². The van der Waals surface area contributed by atoms with E-state index in [2.05, 4.69) is 5.10 Å². The summed E-state index contributed by atoms with van der Waals surface area (Å²) < 4.78 is 23.7. The van der Waals surface area contributed by atoms with Crippen LogP contribution in [0.2, 0.25) is 0 Å². The molecule has 0 aliphatic heterocycles. The third-order valence-electron chi connectivity index (χ3n) is 2.17. The van der Waals surface area contributed by atoms with Gasteiger partial charge in [-0.1, -0.05) is 12.1 Å². The van der Waals surface area contributed by atoms with Crippen molar-refractivity contribution in [1.29, 1.82) is 10.5 Å². The number of benzene rings is 1. The van der Waals surface area contributed by atoms with Crippen LogP contribution in [0.4, 0.5) is 0 Å². The zero-order valence-corrected chi connectivity index (χ0v) is 11.1. The van der Waals surface area contributed by atoms with Gasteiger partial charge in [0.25, 0.3) is 0 Å². The molecule has 0 atom stereocenters. The third-order valence-corrected chi connectivity index (χ3v) is 3.22. The van der Waals surface area contributed by atoms with Crippen LogP contribution in [0.25, 0.3) is 0 Å². The van der Waals surface area contributed by atoms with Crippen molar-refractivity contribution in [1.82, 2.24) is 4.41 Å². The summed E-state index contributed by atoms with van der Waals surface area (Å²) in [5.41, 5.74) is 1.19. The Morgan fingerprint density at radius 1 is 1.32 bits per heavy atom. The van der Waals surface area contributed by atoms with Gasteiger partial charge in [-0.15, -0.1) is 0 Å². The normalized spacial score (nSPS) is 10.9. The third kappa shape index (κ3) is 4.78. The van der Waals surface area contributed by atoms with E-state index in [0.29, 0.717) is 11.1 Å². The van der Waals surface area contributed by atoms with Crippen molar-refractivity contribution < 1.29 is 8.42 Å². The molecule has 0 saturated carbocycles. The van der Waals surface area contributed by atoms with Crippen LogP contribution in [0.5, 0.6) is 0 Å². The Bertz CT molecular complexity index is 636. The van der Waals surface area contributed by atoms with Crippen molar-refractivity contribution >= 4 is 16.2 Å². The van der Waals surface area contributed by atoms with Crippen LogP contribution in [-0.2, 0) is 10.0 Å². The predicted octanol–water partition coefficient (Wildman–Crippen LogP) is 1.07. The van der Waals surface area contributed by atoms with Gasteiger partial charge in [-0.05, 0) is 17.7 Å². The highest BCUT2D eigenvalue weighted by Gasteiger charge is 2.12. The van der Waals surface area contributed by atoms with Gasteiger partial charge in [0.15, 0.2) is 0 Å². The number of hydrazone groups is 1. The second-order valence-electron chi connectivity index (χ2n) is 3.70. The fourth-order valence-corrected chi connectivity index (χ4v) is 1.87. The Hall–Kier alpha value is -2.38. The lowest BCUT2D eigenvalue weighted by molar-refractivity contribution is 0.444. The number of nitriles is 2. The Kier molecular flexibility index (Phi) is 5.04. The highest BCUT2D eigenvalue weighted by molar-refractivity contribution is 7.88. The van der Waals surface area contributed by atoms with Gasteiger partial charge < -0.3 is 0 Å². The number of sulfonamides is 1. The lowest BCUT2D eigenvalue weighted by Gasteiger charge is -2.14. The van der Waals surface area contributed by atoms with Crippen LogP contribution in [0.1, 0.15) is 17.5 Å². The van der Waals surface area contributed by atoms with E-state index in [1.807, 2.05) is 12.1 Å². The number of hydrogen-bond acceptors (Lipinski definition) is 5. The minimum atomic E-state index is -3.49. The molecule has 0 aromatic heterocycles. The van der Waals surface area contributed by atoms with E-state index in [1.54, 1.807) is 24.3 Å². The molecule has 0 fully saturated rings. The lowest BCUT2D eigenvalue weighted by Crippen LogP contribution is -2.25. The van der Waals surface area contributed by atoms with Crippen LogP contribution in [0.3, 0.4) is 0 Å².